The third-order valence-corrected chi connectivity index (χ3v) is 5.21. The van der Waals surface area contributed by atoms with E-state index in [0.29, 0.717) is 37.3 Å². The van der Waals surface area contributed by atoms with Crippen molar-refractivity contribution in [3.63, 3.8) is 0 Å². The van der Waals surface area contributed by atoms with Crippen molar-refractivity contribution in [3.8, 4) is 0 Å². The van der Waals surface area contributed by atoms with Crippen LogP contribution in [-0.4, -0.2) is 43.2 Å². The highest BCUT2D eigenvalue weighted by Crippen LogP contribution is 2.22. The van der Waals surface area contributed by atoms with Crippen LogP contribution < -0.4 is 15.6 Å². The molecule has 2 aromatic carbocycles. The van der Waals surface area contributed by atoms with Gasteiger partial charge in [-0.15, -0.1) is 0 Å². The van der Waals surface area contributed by atoms with Gasteiger partial charge in [0.05, 0.1) is 22.2 Å². The first kappa shape index (κ1) is 21.0. The minimum Gasteiger partial charge on any atom is -0.377 e. The minimum atomic E-state index is -0.234. The summed E-state index contributed by atoms with van der Waals surface area (Å²) in [5, 5.41) is 4.47. The third-order valence-electron chi connectivity index (χ3n) is 4.55. The van der Waals surface area contributed by atoms with Gasteiger partial charge in [0, 0.05) is 18.4 Å². The molecule has 0 unspecified atom stereocenters. The summed E-state index contributed by atoms with van der Waals surface area (Å²) in [7, 11) is 1.54. The van der Waals surface area contributed by atoms with E-state index in [9.17, 15) is 9.59 Å². The number of carbonyl (C=O) groups is 2. The molecule has 2 aromatic rings. The number of imide groups is 1. The average Bonchev–Trinajstić information content (AvgIpc) is 2.97. The Morgan fingerprint density at radius 1 is 1.17 bits per heavy atom. The number of carbonyl (C=O) groups excluding carboxylic acids is 2. The van der Waals surface area contributed by atoms with E-state index in [1.165, 1.54) is 12.0 Å². The highest BCUT2D eigenvalue weighted by Gasteiger charge is 2.34. The first-order valence-corrected chi connectivity index (χ1v) is 9.94. The lowest BCUT2D eigenvalue weighted by molar-refractivity contribution is -0.740. The van der Waals surface area contributed by atoms with Gasteiger partial charge in [0.15, 0.2) is 0 Å². The maximum absolute atomic E-state index is 12.3. The van der Waals surface area contributed by atoms with Crippen LogP contribution in [0.3, 0.4) is 0 Å². The predicted octanol–water partition coefficient (Wildman–Crippen LogP) is 0.516. The smallest absolute Gasteiger partial charge is 0.261 e. The number of nitrogens with one attached hydrogen (secondary N) is 1. The maximum Gasteiger partial charge on any atom is 0.261 e. The van der Waals surface area contributed by atoms with E-state index in [1.807, 2.05) is 18.2 Å². The molecular weight excluding hydrogens is 436 g/mol. The summed E-state index contributed by atoms with van der Waals surface area (Å²) in [6.07, 6.45) is 2.27. The summed E-state index contributed by atoms with van der Waals surface area (Å²) in [5.41, 5.74) is 1.94. The average molecular weight is 458 g/mol. The number of ether oxygens (including phenoxy) is 1. The van der Waals surface area contributed by atoms with Crippen LogP contribution in [0.15, 0.2) is 42.5 Å². The van der Waals surface area contributed by atoms with Crippen LogP contribution in [0.4, 0.5) is 0 Å². The first-order chi connectivity index (χ1) is 14.0. The van der Waals surface area contributed by atoms with E-state index in [4.69, 9.17) is 9.57 Å². The number of fused-ring (bicyclic) bond motifs is 1. The Balaban J connectivity index is 1.53. The second-order valence-corrected chi connectivity index (χ2v) is 7.37. The van der Waals surface area contributed by atoms with Gasteiger partial charge in [-0.2, -0.15) is 0 Å². The van der Waals surface area contributed by atoms with E-state index in [0.717, 1.165) is 20.5 Å². The summed E-state index contributed by atoms with van der Waals surface area (Å²) >= 11 is 3.49. The fourth-order valence-electron chi connectivity index (χ4n) is 3.08. The van der Waals surface area contributed by atoms with Gasteiger partial charge < -0.3 is 4.74 Å². The Morgan fingerprint density at radius 3 is 2.52 bits per heavy atom. The second-order valence-electron chi connectivity index (χ2n) is 6.52. The van der Waals surface area contributed by atoms with E-state index in [-0.39, 0.29) is 11.8 Å². The number of nitrogens with zero attached hydrogens (tertiary/aromatic N) is 1. The molecule has 3 rings (SSSR count). The topological polar surface area (TPSA) is 69.8 Å². The van der Waals surface area contributed by atoms with Gasteiger partial charge in [0.1, 0.15) is 7.11 Å². The zero-order chi connectivity index (χ0) is 20.8. The molecule has 6 nitrogen and oxygen atoms in total. The number of rotatable bonds is 8. The molecule has 0 saturated carbocycles. The van der Waals surface area contributed by atoms with E-state index in [2.05, 4.69) is 27.7 Å². The molecule has 150 valence electrons. The molecule has 0 radical (unpaired) electrons. The van der Waals surface area contributed by atoms with Crippen molar-refractivity contribution in [2.45, 2.75) is 13.0 Å². The lowest BCUT2D eigenvalue weighted by Crippen LogP contribution is -2.66. The van der Waals surface area contributed by atoms with Gasteiger partial charge >= 0.3 is 0 Å². The van der Waals surface area contributed by atoms with Crippen molar-refractivity contribution in [2.75, 3.05) is 20.3 Å². The van der Waals surface area contributed by atoms with Gasteiger partial charge in [-0.05, 0) is 56.5 Å². The second kappa shape index (κ2) is 9.62. The highest BCUT2D eigenvalue weighted by atomic mass is 79.9. The van der Waals surface area contributed by atoms with Crippen molar-refractivity contribution < 1.29 is 24.3 Å². The molecule has 0 spiro atoms. The minimum absolute atomic E-state index is 0.234. The maximum atomic E-state index is 12.3. The fourth-order valence-corrected chi connectivity index (χ4v) is 3.54. The summed E-state index contributed by atoms with van der Waals surface area (Å²) in [4.78, 5) is 30.8. The Hall–Kier alpha value is -2.77. The Bertz CT molecular complexity index is 1030. The Morgan fingerprint density at radius 2 is 1.86 bits per heavy atom. The molecule has 0 saturated heterocycles. The fraction of sp³-hybridized carbons (Fsp3) is 0.227. The van der Waals surface area contributed by atoms with Crippen LogP contribution in [0.25, 0.3) is 11.1 Å². The Labute approximate surface area is 177 Å². The number of amides is 2. The molecule has 29 heavy (non-hydrogen) atoms. The van der Waals surface area contributed by atoms with Gasteiger partial charge in [-0.3, -0.25) is 19.3 Å². The summed E-state index contributed by atoms with van der Waals surface area (Å²) in [6, 6.07) is 12.8. The van der Waals surface area contributed by atoms with E-state index < -0.39 is 0 Å². The number of benzene rings is 2. The largest absolute Gasteiger partial charge is 0.377 e. The normalized spacial score (nSPS) is 14.5. The summed E-state index contributed by atoms with van der Waals surface area (Å²) < 4.78 is 6.55. The zero-order valence-corrected chi connectivity index (χ0v) is 17.7. The lowest BCUT2D eigenvalue weighted by Gasteiger charge is -2.13. The van der Waals surface area contributed by atoms with Crippen molar-refractivity contribution in [3.05, 3.63) is 69.6 Å². The van der Waals surface area contributed by atoms with Gasteiger partial charge in [0.2, 0.25) is 6.21 Å². The summed E-state index contributed by atoms with van der Waals surface area (Å²) in [5.74, 6) is -0.467. The predicted molar refractivity (Wildman–Crippen MR) is 114 cm³/mol. The first-order valence-electron chi connectivity index (χ1n) is 9.15. The van der Waals surface area contributed by atoms with E-state index >= 15 is 0 Å². The van der Waals surface area contributed by atoms with Crippen LogP contribution in [0.2, 0.25) is 0 Å². The molecule has 0 fully saturated rings. The molecule has 0 aromatic heterocycles. The van der Waals surface area contributed by atoms with Gasteiger partial charge in [-0.1, -0.05) is 30.8 Å². The molecule has 0 bridgehead atoms. The lowest BCUT2D eigenvalue weighted by atomic mass is 10.1. The van der Waals surface area contributed by atoms with Crippen LogP contribution >= 0.6 is 15.9 Å². The molecule has 0 atom stereocenters. The van der Waals surface area contributed by atoms with Crippen molar-refractivity contribution in [2.24, 2.45) is 0 Å². The highest BCUT2D eigenvalue weighted by molar-refractivity contribution is 9.15. The number of halogens is 1. The number of hydrogen-bond donors (Lipinski definition) is 1. The molecule has 7 heteroatoms. The Kier molecular flexibility index (Phi) is 6.95. The van der Waals surface area contributed by atoms with Crippen LogP contribution in [0.5, 0.6) is 0 Å². The summed E-state index contributed by atoms with van der Waals surface area (Å²) in [6.45, 7) is 5.23. The third kappa shape index (κ3) is 4.81. The van der Waals surface area contributed by atoms with E-state index in [1.54, 1.807) is 30.5 Å². The van der Waals surface area contributed by atoms with Crippen molar-refractivity contribution >= 4 is 45.0 Å². The molecule has 1 aliphatic heterocycles. The molecule has 1 aliphatic rings. The van der Waals surface area contributed by atoms with Crippen LogP contribution in [0, 0.1) is 0 Å². The zero-order valence-electron chi connectivity index (χ0n) is 16.1. The van der Waals surface area contributed by atoms with Crippen molar-refractivity contribution in [1.29, 1.82) is 0 Å². The van der Waals surface area contributed by atoms with Crippen LogP contribution in [-0.2, 0) is 16.2 Å². The van der Waals surface area contributed by atoms with Gasteiger partial charge in [0.25, 0.3) is 11.8 Å². The van der Waals surface area contributed by atoms with Crippen molar-refractivity contribution in [1.82, 2.24) is 4.90 Å². The monoisotopic (exact) mass is 457 g/mol. The van der Waals surface area contributed by atoms with Crippen LogP contribution in [0.1, 0.15) is 32.7 Å². The molecule has 1 heterocycles. The standard InChI is InChI=1S/C22H21BrN2O4/c1-15-8-9-16(12-19(15)20(23)13-24-28-2)14-29-11-5-10-25-21(26)17-6-3-4-7-18(17)22(25)27/h3-4,6-9,12-13H,1,5,10-11,14H2,2H3/p+1/b20-19+,24-13+. The molecule has 2 amide bonds. The number of hydrogen-bond acceptors (Lipinski definition) is 4. The molecular formula is C22H22BrN2O4+. The molecule has 1 N–H and O–H groups in total. The SMILES string of the molecule is C=c1ccc(COCCCN2C(=O)c3ccccc3C2=O)c/c1=C(Br)/C=[NH+]/OC. The van der Waals surface area contributed by atoms with Gasteiger partial charge in [-0.25, -0.2) is 0 Å². The molecule has 0 aliphatic carbocycles. The quantitative estimate of drug-likeness (QED) is 0.271.